The monoisotopic (exact) mass is 256 g/mol. The topological polar surface area (TPSA) is 0 Å². The van der Waals surface area contributed by atoms with Crippen LogP contribution in [0.2, 0.25) is 0 Å². The average Bonchev–Trinajstić information content (AvgIpc) is 2.94. The molecule has 1 aliphatic rings. The molecule has 0 aliphatic heterocycles. The lowest BCUT2D eigenvalue weighted by atomic mass is 9.91. The van der Waals surface area contributed by atoms with Crippen LogP contribution in [0.25, 0.3) is 0 Å². The molecule has 0 bridgehead atoms. The van der Waals surface area contributed by atoms with Gasteiger partial charge in [-0.15, -0.1) is 0 Å². The zero-order valence-electron chi connectivity index (χ0n) is 8.26. The van der Waals surface area contributed by atoms with Crippen LogP contribution in [0.5, 0.6) is 0 Å². The van der Waals surface area contributed by atoms with E-state index in [0.717, 1.165) is 17.7 Å². The van der Waals surface area contributed by atoms with Gasteiger partial charge in [0.2, 0.25) is 0 Å². The van der Waals surface area contributed by atoms with E-state index in [0.29, 0.717) is 5.41 Å². The lowest BCUT2D eigenvalue weighted by Crippen LogP contribution is -2.09. The molecule has 0 spiro atoms. The Labute approximate surface area is 92.6 Å². The van der Waals surface area contributed by atoms with E-state index in [1.807, 2.05) is 12.1 Å². The summed E-state index contributed by atoms with van der Waals surface area (Å²) >= 11 is 3.53. The Kier molecular flexibility index (Phi) is 2.65. The smallest absolute Gasteiger partial charge is 0.123 e. The molecular weight excluding hydrogens is 243 g/mol. The van der Waals surface area contributed by atoms with Crippen LogP contribution in [-0.4, -0.2) is 5.33 Å². The van der Waals surface area contributed by atoms with Crippen LogP contribution in [0.1, 0.15) is 25.3 Å². The molecule has 0 heterocycles. The summed E-state index contributed by atoms with van der Waals surface area (Å²) in [5, 5.41) is 1.05. The van der Waals surface area contributed by atoms with Crippen molar-refractivity contribution in [2.45, 2.75) is 25.2 Å². The molecule has 1 aromatic carbocycles. The van der Waals surface area contributed by atoms with E-state index >= 15 is 0 Å². The van der Waals surface area contributed by atoms with Gasteiger partial charge in [-0.05, 0) is 41.9 Å². The van der Waals surface area contributed by atoms with Gasteiger partial charge in [0.25, 0.3) is 0 Å². The summed E-state index contributed by atoms with van der Waals surface area (Å²) < 4.78 is 12.8. The maximum absolute atomic E-state index is 12.8. The fraction of sp³-hybridized carbons (Fsp3) is 0.500. The van der Waals surface area contributed by atoms with E-state index in [-0.39, 0.29) is 5.82 Å². The lowest BCUT2D eigenvalue weighted by Gasteiger charge is -2.14. The van der Waals surface area contributed by atoms with Gasteiger partial charge in [0.15, 0.2) is 0 Å². The molecule has 0 aromatic heterocycles. The summed E-state index contributed by atoms with van der Waals surface area (Å²) in [4.78, 5) is 0. The van der Waals surface area contributed by atoms with Crippen LogP contribution in [0.15, 0.2) is 24.3 Å². The second-order valence-corrected chi connectivity index (χ2v) is 4.72. The van der Waals surface area contributed by atoms with E-state index in [4.69, 9.17) is 0 Å². The van der Waals surface area contributed by atoms with Crippen molar-refractivity contribution in [1.82, 2.24) is 0 Å². The molecule has 0 amide bonds. The number of hydrogen-bond donors (Lipinski definition) is 0. The highest BCUT2D eigenvalue weighted by atomic mass is 79.9. The van der Waals surface area contributed by atoms with Crippen molar-refractivity contribution in [2.24, 2.45) is 5.92 Å². The number of alkyl halides is 1. The van der Waals surface area contributed by atoms with Gasteiger partial charge in [-0.25, -0.2) is 4.39 Å². The molecule has 0 saturated heterocycles. The van der Waals surface area contributed by atoms with Crippen LogP contribution in [0.4, 0.5) is 4.39 Å². The Hall–Kier alpha value is -0.370. The van der Waals surface area contributed by atoms with Crippen LogP contribution >= 0.6 is 15.9 Å². The summed E-state index contributed by atoms with van der Waals surface area (Å²) in [6.45, 7) is 2.21. The summed E-state index contributed by atoms with van der Waals surface area (Å²) in [5.41, 5.74) is 1.63. The number of benzene rings is 1. The standard InChI is InChI=1S/C12H14BrF/c1-2-12(7-10(12)8-13)9-3-5-11(14)6-4-9/h3-6,10H,2,7-8H2,1H3. The Morgan fingerprint density at radius 3 is 2.50 bits per heavy atom. The molecule has 1 saturated carbocycles. The zero-order chi connectivity index (χ0) is 10.2. The minimum Gasteiger partial charge on any atom is -0.207 e. The van der Waals surface area contributed by atoms with Gasteiger partial charge < -0.3 is 0 Å². The fourth-order valence-electron chi connectivity index (χ4n) is 2.36. The summed E-state index contributed by atoms with van der Waals surface area (Å²) in [7, 11) is 0. The van der Waals surface area contributed by atoms with Crippen molar-refractivity contribution in [3.63, 3.8) is 0 Å². The molecule has 2 rings (SSSR count). The third-order valence-electron chi connectivity index (χ3n) is 3.47. The van der Waals surface area contributed by atoms with Crippen molar-refractivity contribution in [1.29, 1.82) is 0 Å². The number of halogens is 2. The first-order valence-electron chi connectivity index (χ1n) is 5.05. The zero-order valence-corrected chi connectivity index (χ0v) is 9.85. The molecule has 2 atom stereocenters. The summed E-state index contributed by atoms with van der Waals surface area (Å²) in [5.74, 6) is 0.592. The fourth-order valence-corrected chi connectivity index (χ4v) is 3.20. The highest BCUT2D eigenvalue weighted by molar-refractivity contribution is 9.09. The molecule has 1 aromatic rings. The Morgan fingerprint density at radius 2 is 2.07 bits per heavy atom. The van der Waals surface area contributed by atoms with Crippen molar-refractivity contribution in [3.05, 3.63) is 35.6 Å². The van der Waals surface area contributed by atoms with Gasteiger partial charge >= 0.3 is 0 Å². The molecule has 1 aliphatic carbocycles. The normalized spacial score (nSPS) is 30.4. The van der Waals surface area contributed by atoms with Crippen LogP contribution in [-0.2, 0) is 5.41 Å². The minimum atomic E-state index is -0.143. The number of hydrogen-bond acceptors (Lipinski definition) is 0. The van der Waals surface area contributed by atoms with E-state index in [2.05, 4.69) is 22.9 Å². The Morgan fingerprint density at radius 1 is 1.43 bits per heavy atom. The predicted octanol–water partition coefficient (Wildman–Crippen LogP) is 3.89. The molecule has 0 nitrogen and oxygen atoms in total. The summed E-state index contributed by atoms with van der Waals surface area (Å²) in [6.07, 6.45) is 2.38. The quantitative estimate of drug-likeness (QED) is 0.720. The van der Waals surface area contributed by atoms with Crippen LogP contribution < -0.4 is 0 Å². The minimum absolute atomic E-state index is 0.143. The maximum Gasteiger partial charge on any atom is 0.123 e. The van der Waals surface area contributed by atoms with Gasteiger partial charge in [0.05, 0.1) is 0 Å². The lowest BCUT2D eigenvalue weighted by molar-refractivity contribution is 0.600. The largest absolute Gasteiger partial charge is 0.207 e. The van der Waals surface area contributed by atoms with E-state index in [9.17, 15) is 4.39 Å². The average molecular weight is 257 g/mol. The maximum atomic E-state index is 12.8. The van der Waals surface area contributed by atoms with Crippen molar-refractivity contribution in [2.75, 3.05) is 5.33 Å². The van der Waals surface area contributed by atoms with Crippen molar-refractivity contribution < 1.29 is 4.39 Å². The summed E-state index contributed by atoms with van der Waals surface area (Å²) in [6, 6.07) is 7.00. The highest BCUT2D eigenvalue weighted by Gasteiger charge is 2.52. The van der Waals surface area contributed by atoms with Crippen LogP contribution in [0.3, 0.4) is 0 Å². The third kappa shape index (κ3) is 1.50. The second kappa shape index (κ2) is 3.65. The molecule has 2 heteroatoms. The van der Waals surface area contributed by atoms with E-state index in [1.165, 1.54) is 12.0 Å². The molecule has 1 fully saturated rings. The van der Waals surface area contributed by atoms with Gasteiger partial charge in [0, 0.05) is 5.33 Å². The third-order valence-corrected chi connectivity index (χ3v) is 4.25. The number of rotatable bonds is 3. The molecule has 76 valence electrons. The Bertz CT molecular complexity index is 320. The van der Waals surface area contributed by atoms with Gasteiger partial charge in [-0.1, -0.05) is 35.0 Å². The van der Waals surface area contributed by atoms with Gasteiger partial charge in [-0.2, -0.15) is 0 Å². The van der Waals surface area contributed by atoms with Gasteiger partial charge in [0.1, 0.15) is 5.82 Å². The molecule has 0 N–H and O–H groups in total. The van der Waals surface area contributed by atoms with Crippen molar-refractivity contribution >= 4 is 15.9 Å². The van der Waals surface area contributed by atoms with Crippen molar-refractivity contribution in [3.8, 4) is 0 Å². The molecule has 2 unspecified atom stereocenters. The molecule has 0 radical (unpaired) electrons. The first kappa shape index (κ1) is 10.2. The van der Waals surface area contributed by atoms with Gasteiger partial charge in [-0.3, -0.25) is 0 Å². The van der Waals surface area contributed by atoms with Crippen LogP contribution in [0, 0.1) is 11.7 Å². The highest BCUT2D eigenvalue weighted by Crippen LogP contribution is 2.57. The Balaban J connectivity index is 2.26. The van der Waals surface area contributed by atoms with E-state index < -0.39 is 0 Å². The second-order valence-electron chi connectivity index (χ2n) is 4.07. The first-order valence-corrected chi connectivity index (χ1v) is 6.17. The van der Waals surface area contributed by atoms with E-state index in [1.54, 1.807) is 12.1 Å². The molecular formula is C12H14BrF. The SMILES string of the molecule is CCC1(c2ccc(F)cc2)CC1CBr. The molecule has 14 heavy (non-hydrogen) atoms. The predicted molar refractivity (Wildman–Crippen MR) is 60.3 cm³/mol. The first-order chi connectivity index (χ1) is 6.73.